The van der Waals surface area contributed by atoms with Crippen LogP contribution in [0.4, 0.5) is 13.2 Å². The van der Waals surface area contributed by atoms with Gasteiger partial charge in [0, 0.05) is 22.7 Å². The maximum atomic E-state index is 12.7. The molecule has 0 aliphatic carbocycles. The standard InChI is InChI=1S/C20H13F3N2O2/c21-20(22,23)14-7-3-5-13(11-14)6-4-10-24-19(27)18(26)16-12-25-17-9-2-1-8-15(16)17/h1-3,5,7-9,11-12,25H,10H2,(H,24,27). The van der Waals surface area contributed by atoms with Gasteiger partial charge in [-0.3, -0.25) is 9.59 Å². The normalized spacial score (nSPS) is 10.9. The number of H-pyrrole nitrogens is 1. The molecule has 1 amide bonds. The summed E-state index contributed by atoms with van der Waals surface area (Å²) in [6, 6.07) is 11.6. The van der Waals surface area contributed by atoms with Gasteiger partial charge in [0.25, 0.3) is 11.7 Å². The van der Waals surface area contributed by atoms with Crippen molar-refractivity contribution in [1.29, 1.82) is 0 Å². The zero-order chi connectivity index (χ0) is 19.4. The molecule has 27 heavy (non-hydrogen) atoms. The highest BCUT2D eigenvalue weighted by atomic mass is 19.4. The summed E-state index contributed by atoms with van der Waals surface area (Å²) in [5, 5.41) is 2.98. The Morgan fingerprint density at radius 2 is 1.85 bits per heavy atom. The number of hydrogen-bond acceptors (Lipinski definition) is 2. The Morgan fingerprint density at radius 3 is 2.63 bits per heavy atom. The van der Waals surface area contributed by atoms with Crippen molar-refractivity contribution >= 4 is 22.6 Å². The molecule has 0 radical (unpaired) electrons. The predicted octanol–water partition coefficient (Wildman–Crippen LogP) is 3.54. The van der Waals surface area contributed by atoms with Gasteiger partial charge >= 0.3 is 6.18 Å². The van der Waals surface area contributed by atoms with Crippen molar-refractivity contribution in [2.24, 2.45) is 0 Å². The van der Waals surface area contributed by atoms with Crippen LogP contribution in [0.15, 0.2) is 54.7 Å². The molecular weight excluding hydrogens is 357 g/mol. The van der Waals surface area contributed by atoms with Gasteiger partial charge in [-0.05, 0) is 24.3 Å². The number of carbonyl (C=O) groups excluding carboxylic acids is 2. The highest BCUT2D eigenvalue weighted by Gasteiger charge is 2.30. The van der Waals surface area contributed by atoms with Crippen LogP contribution in [-0.4, -0.2) is 23.2 Å². The quantitative estimate of drug-likeness (QED) is 0.421. The van der Waals surface area contributed by atoms with E-state index in [0.717, 1.165) is 17.6 Å². The van der Waals surface area contributed by atoms with E-state index in [4.69, 9.17) is 0 Å². The number of amides is 1. The van der Waals surface area contributed by atoms with Gasteiger partial charge in [0.05, 0.1) is 17.7 Å². The van der Waals surface area contributed by atoms with Crippen LogP contribution in [0.5, 0.6) is 0 Å². The fraction of sp³-hybridized carbons (Fsp3) is 0.100. The first-order valence-corrected chi connectivity index (χ1v) is 7.91. The van der Waals surface area contributed by atoms with Gasteiger partial charge < -0.3 is 10.3 Å². The third-order valence-electron chi connectivity index (χ3n) is 3.80. The molecule has 0 fully saturated rings. The summed E-state index contributed by atoms with van der Waals surface area (Å²) < 4.78 is 38.0. The number of para-hydroxylation sites is 1. The molecule has 0 aliphatic rings. The van der Waals surface area contributed by atoms with Crippen molar-refractivity contribution < 1.29 is 22.8 Å². The molecule has 2 N–H and O–H groups in total. The minimum Gasteiger partial charge on any atom is -0.360 e. The summed E-state index contributed by atoms with van der Waals surface area (Å²) in [5.74, 6) is 3.52. The molecule has 3 rings (SSSR count). The van der Waals surface area contributed by atoms with Crippen molar-refractivity contribution in [1.82, 2.24) is 10.3 Å². The van der Waals surface area contributed by atoms with Crippen LogP contribution in [0.3, 0.4) is 0 Å². The first-order valence-electron chi connectivity index (χ1n) is 7.91. The molecule has 0 unspecified atom stereocenters. The van der Waals surface area contributed by atoms with E-state index >= 15 is 0 Å². The lowest BCUT2D eigenvalue weighted by molar-refractivity contribution is -0.137. The van der Waals surface area contributed by atoms with E-state index in [2.05, 4.69) is 22.1 Å². The number of halogens is 3. The van der Waals surface area contributed by atoms with Crippen LogP contribution in [0, 0.1) is 11.8 Å². The topological polar surface area (TPSA) is 62.0 Å². The van der Waals surface area contributed by atoms with Gasteiger partial charge in [-0.1, -0.05) is 36.1 Å². The Kier molecular flexibility index (Phi) is 4.99. The van der Waals surface area contributed by atoms with Crippen LogP contribution in [0.1, 0.15) is 21.5 Å². The van der Waals surface area contributed by atoms with Crippen molar-refractivity contribution in [2.45, 2.75) is 6.18 Å². The number of benzene rings is 2. The maximum absolute atomic E-state index is 12.7. The van der Waals surface area contributed by atoms with Crippen molar-refractivity contribution in [3.8, 4) is 11.8 Å². The summed E-state index contributed by atoms with van der Waals surface area (Å²) in [7, 11) is 0. The van der Waals surface area contributed by atoms with Crippen LogP contribution in [0.2, 0.25) is 0 Å². The summed E-state index contributed by atoms with van der Waals surface area (Å²) in [5.41, 5.74) is 0.349. The Morgan fingerprint density at radius 1 is 1.07 bits per heavy atom. The molecular formula is C20H13F3N2O2. The average Bonchev–Trinajstić information content (AvgIpc) is 3.08. The van der Waals surface area contributed by atoms with E-state index in [1.165, 1.54) is 18.3 Å². The Hall–Kier alpha value is -3.53. The van der Waals surface area contributed by atoms with Crippen molar-refractivity contribution in [3.63, 3.8) is 0 Å². The zero-order valence-electron chi connectivity index (χ0n) is 13.9. The largest absolute Gasteiger partial charge is 0.416 e. The summed E-state index contributed by atoms with van der Waals surface area (Å²) >= 11 is 0. The lowest BCUT2D eigenvalue weighted by atomic mass is 10.1. The number of aromatic amines is 1. The van der Waals surface area contributed by atoms with E-state index in [1.807, 2.05) is 0 Å². The molecule has 1 aromatic heterocycles. The van der Waals surface area contributed by atoms with Crippen LogP contribution < -0.4 is 5.32 Å². The Labute approximate surface area is 152 Å². The minimum absolute atomic E-state index is 0.164. The predicted molar refractivity (Wildman–Crippen MR) is 94.0 cm³/mol. The molecule has 0 bridgehead atoms. The number of alkyl halides is 3. The Balaban J connectivity index is 1.64. The number of aromatic nitrogens is 1. The minimum atomic E-state index is -4.45. The number of ketones is 1. The molecule has 0 spiro atoms. The molecule has 7 heteroatoms. The van der Waals surface area contributed by atoms with Crippen LogP contribution >= 0.6 is 0 Å². The second-order valence-electron chi connectivity index (χ2n) is 5.64. The van der Waals surface area contributed by atoms with Gasteiger partial charge in [0.1, 0.15) is 0 Å². The first kappa shape index (κ1) is 18.3. The molecule has 0 saturated heterocycles. The highest BCUT2D eigenvalue weighted by Crippen LogP contribution is 2.29. The smallest absolute Gasteiger partial charge is 0.360 e. The molecule has 1 heterocycles. The number of fused-ring (bicyclic) bond motifs is 1. The van der Waals surface area contributed by atoms with Gasteiger partial charge in [0.2, 0.25) is 0 Å². The van der Waals surface area contributed by atoms with Gasteiger partial charge in [0.15, 0.2) is 0 Å². The van der Waals surface area contributed by atoms with E-state index in [0.29, 0.717) is 5.39 Å². The van der Waals surface area contributed by atoms with Crippen LogP contribution in [-0.2, 0) is 11.0 Å². The molecule has 0 atom stereocenters. The summed E-state index contributed by atoms with van der Waals surface area (Å²) in [6.07, 6.45) is -2.99. The molecule has 0 aliphatic heterocycles. The SMILES string of the molecule is O=C(NCC#Cc1cccc(C(F)(F)F)c1)C(=O)c1c[nH]c2ccccc12. The van der Waals surface area contributed by atoms with Crippen molar-refractivity contribution in [3.05, 3.63) is 71.4 Å². The van der Waals surface area contributed by atoms with Crippen molar-refractivity contribution in [2.75, 3.05) is 6.54 Å². The molecule has 2 aromatic carbocycles. The van der Waals surface area contributed by atoms with E-state index in [1.54, 1.807) is 24.3 Å². The molecule has 136 valence electrons. The van der Waals surface area contributed by atoms with E-state index < -0.39 is 23.4 Å². The number of nitrogens with one attached hydrogen (secondary N) is 2. The second-order valence-corrected chi connectivity index (χ2v) is 5.64. The molecule has 0 saturated carbocycles. The van der Waals surface area contributed by atoms with Gasteiger partial charge in [-0.25, -0.2) is 0 Å². The molecule has 4 nitrogen and oxygen atoms in total. The monoisotopic (exact) mass is 370 g/mol. The maximum Gasteiger partial charge on any atom is 0.416 e. The lowest BCUT2D eigenvalue weighted by Crippen LogP contribution is -2.31. The van der Waals surface area contributed by atoms with Gasteiger partial charge in [-0.2, -0.15) is 13.2 Å². The molecule has 3 aromatic rings. The summed E-state index contributed by atoms with van der Waals surface area (Å²) in [6.45, 7) is -0.164. The summed E-state index contributed by atoms with van der Waals surface area (Å²) in [4.78, 5) is 27.1. The second kappa shape index (κ2) is 7.38. The van der Waals surface area contributed by atoms with E-state index in [-0.39, 0.29) is 17.7 Å². The lowest BCUT2D eigenvalue weighted by Gasteiger charge is -2.05. The first-order chi connectivity index (χ1) is 12.9. The number of rotatable bonds is 3. The number of carbonyl (C=O) groups is 2. The van der Waals surface area contributed by atoms with E-state index in [9.17, 15) is 22.8 Å². The third kappa shape index (κ3) is 4.18. The third-order valence-corrected chi connectivity index (χ3v) is 3.80. The fourth-order valence-corrected chi connectivity index (χ4v) is 2.51. The van der Waals surface area contributed by atoms with Crippen LogP contribution in [0.25, 0.3) is 10.9 Å². The van der Waals surface area contributed by atoms with Gasteiger partial charge in [-0.15, -0.1) is 0 Å². The fourth-order valence-electron chi connectivity index (χ4n) is 2.51. The number of Topliss-reactive ketones (excluding diaryl/α,β-unsaturated/α-hetero) is 1. The average molecular weight is 370 g/mol. The Bertz CT molecular complexity index is 1070. The number of hydrogen-bond donors (Lipinski definition) is 2. The highest BCUT2D eigenvalue weighted by molar-refractivity contribution is 6.45. The zero-order valence-corrected chi connectivity index (χ0v) is 13.9.